The van der Waals surface area contributed by atoms with Gasteiger partial charge in [0.2, 0.25) is 0 Å². The first-order valence-corrected chi connectivity index (χ1v) is 6.46. The zero-order valence-electron chi connectivity index (χ0n) is 10.9. The van der Waals surface area contributed by atoms with Gasteiger partial charge in [-0.2, -0.15) is 0 Å². The molecule has 1 saturated heterocycles. The van der Waals surface area contributed by atoms with Crippen LogP contribution in [0.2, 0.25) is 0 Å². The van der Waals surface area contributed by atoms with Gasteiger partial charge >= 0.3 is 5.69 Å². The van der Waals surface area contributed by atoms with E-state index < -0.39 is 4.92 Å². The lowest BCUT2D eigenvalue weighted by atomic mass is 10.2. The molecule has 0 unspecified atom stereocenters. The van der Waals surface area contributed by atoms with Gasteiger partial charge in [0.1, 0.15) is 0 Å². The molecule has 1 heterocycles. The van der Waals surface area contributed by atoms with Gasteiger partial charge in [-0.1, -0.05) is 6.92 Å². The Kier molecular flexibility index (Phi) is 4.21. The van der Waals surface area contributed by atoms with Gasteiger partial charge in [-0.25, -0.2) is 0 Å². The van der Waals surface area contributed by atoms with Crippen LogP contribution in [0.1, 0.15) is 19.8 Å². The number of hydrogen-bond acceptors (Lipinski definition) is 5. The summed E-state index contributed by atoms with van der Waals surface area (Å²) in [4.78, 5) is 12.5. The molecule has 0 spiro atoms. The van der Waals surface area contributed by atoms with E-state index in [4.69, 9.17) is 4.74 Å². The standard InChI is InChI=1S/C13H18N2O4/c1-2-7-19-13-8-10(3-4-12(13)15(17)18)14-6-5-11(16)9-14/h3-4,8,11,16H,2,5-7,9H2,1H3/t11-/m0/s1. The number of anilines is 1. The summed E-state index contributed by atoms with van der Waals surface area (Å²) < 4.78 is 5.44. The second-order valence-electron chi connectivity index (χ2n) is 4.65. The smallest absolute Gasteiger partial charge is 0.311 e. The van der Waals surface area contributed by atoms with E-state index in [9.17, 15) is 15.2 Å². The lowest BCUT2D eigenvalue weighted by Crippen LogP contribution is -2.21. The predicted molar refractivity (Wildman–Crippen MR) is 71.7 cm³/mol. The molecule has 0 amide bonds. The van der Waals surface area contributed by atoms with E-state index in [0.717, 1.165) is 25.1 Å². The van der Waals surface area contributed by atoms with Crippen LogP contribution in [0.3, 0.4) is 0 Å². The highest BCUT2D eigenvalue weighted by molar-refractivity contribution is 5.59. The summed E-state index contributed by atoms with van der Waals surface area (Å²) in [5, 5.41) is 20.5. The molecule has 2 rings (SSSR count). The zero-order valence-corrected chi connectivity index (χ0v) is 10.9. The summed E-state index contributed by atoms with van der Waals surface area (Å²) in [6.07, 6.45) is 1.20. The molecule has 1 aliphatic heterocycles. The van der Waals surface area contributed by atoms with Crippen molar-refractivity contribution >= 4 is 11.4 Å². The summed E-state index contributed by atoms with van der Waals surface area (Å²) in [6.45, 7) is 3.72. The maximum absolute atomic E-state index is 10.9. The SMILES string of the molecule is CCCOc1cc(N2CC[C@H](O)C2)ccc1[N+](=O)[O-]. The quantitative estimate of drug-likeness (QED) is 0.651. The molecule has 6 nitrogen and oxygen atoms in total. The highest BCUT2D eigenvalue weighted by atomic mass is 16.6. The first-order chi connectivity index (χ1) is 9.11. The van der Waals surface area contributed by atoms with Gasteiger partial charge in [-0.05, 0) is 18.9 Å². The number of nitro benzene ring substituents is 1. The number of nitro groups is 1. The zero-order chi connectivity index (χ0) is 13.8. The molecule has 1 fully saturated rings. The Bertz CT molecular complexity index is 464. The summed E-state index contributed by atoms with van der Waals surface area (Å²) in [7, 11) is 0. The van der Waals surface area contributed by atoms with Gasteiger partial charge in [-0.3, -0.25) is 10.1 Å². The number of benzene rings is 1. The van der Waals surface area contributed by atoms with Crippen molar-refractivity contribution < 1.29 is 14.8 Å². The van der Waals surface area contributed by atoms with Crippen molar-refractivity contribution in [3.63, 3.8) is 0 Å². The number of aliphatic hydroxyl groups is 1. The molecule has 1 aromatic rings. The van der Waals surface area contributed by atoms with Crippen LogP contribution in [0.4, 0.5) is 11.4 Å². The van der Waals surface area contributed by atoms with Crippen LogP contribution in [0.15, 0.2) is 18.2 Å². The van der Waals surface area contributed by atoms with Gasteiger partial charge in [0, 0.05) is 30.9 Å². The fourth-order valence-electron chi connectivity index (χ4n) is 2.15. The fourth-order valence-corrected chi connectivity index (χ4v) is 2.15. The molecule has 0 saturated carbocycles. The van der Waals surface area contributed by atoms with Crippen LogP contribution in [0.25, 0.3) is 0 Å². The van der Waals surface area contributed by atoms with E-state index in [2.05, 4.69) is 0 Å². The van der Waals surface area contributed by atoms with Crippen molar-refractivity contribution in [2.24, 2.45) is 0 Å². The van der Waals surface area contributed by atoms with E-state index >= 15 is 0 Å². The van der Waals surface area contributed by atoms with E-state index in [1.54, 1.807) is 12.1 Å². The molecule has 1 atom stereocenters. The lowest BCUT2D eigenvalue weighted by molar-refractivity contribution is -0.385. The van der Waals surface area contributed by atoms with Crippen molar-refractivity contribution in [1.82, 2.24) is 0 Å². The molecule has 1 aliphatic rings. The van der Waals surface area contributed by atoms with Crippen LogP contribution in [-0.2, 0) is 0 Å². The van der Waals surface area contributed by atoms with Crippen molar-refractivity contribution in [3.05, 3.63) is 28.3 Å². The van der Waals surface area contributed by atoms with Gasteiger partial charge in [0.25, 0.3) is 0 Å². The highest BCUT2D eigenvalue weighted by Gasteiger charge is 2.23. The van der Waals surface area contributed by atoms with E-state index in [0.29, 0.717) is 18.9 Å². The van der Waals surface area contributed by atoms with E-state index in [1.165, 1.54) is 6.07 Å². The number of ether oxygens (including phenoxy) is 1. The Balaban J connectivity index is 2.24. The molecule has 1 aromatic carbocycles. The summed E-state index contributed by atoms with van der Waals surface area (Å²) >= 11 is 0. The van der Waals surface area contributed by atoms with Gasteiger partial charge in [0.05, 0.1) is 17.6 Å². The fraction of sp³-hybridized carbons (Fsp3) is 0.538. The maximum atomic E-state index is 10.9. The maximum Gasteiger partial charge on any atom is 0.311 e. The Morgan fingerprint density at radius 1 is 1.58 bits per heavy atom. The van der Waals surface area contributed by atoms with E-state index in [-0.39, 0.29) is 11.8 Å². The molecule has 0 aliphatic carbocycles. The minimum atomic E-state index is -0.437. The Hall–Kier alpha value is -1.82. The number of hydrogen-bond donors (Lipinski definition) is 1. The summed E-state index contributed by atoms with van der Waals surface area (Å²) in [6, 6.07) is 4.85. The van der Waals surface area contributed by atoms with Crippen LogP contribution < -0.4 is 9.64 Å². The van der Waals surface area contributed by atoms with E-state index in [1.807, 2.05) is 11.8 Å². The molecular formula is C13H18N2O4. The van der Waals surface area contributed by atoms with Crippen LogP contribution in [-0.4, -0.2) is 35.8 Å². The topological polar surface area (TPSA) is 75.8 Å². The van der Waals surface area contributed by atoms with Gasteiger partial charge in [-0.15, -0.1) is 0 Å². The molecule has 6 heteroatoms. The molecule has 19 heavy (non-hydrogen) atoms. The summed E-state index contributed by atoms with van der Waals surface area (Å²) in [5.41, 5.74) is 0.838. The van der Waals surface area contributed by atoms with Crippen LogP contribution >= 0.6 is 0 Å². The Labute approximate surface area is 111 Å². The first-order valence-electron chi connectivity index (χ1n) is 6.46. The molecule has 0 bridgehead atoms. The highest BCUT2D eigenvalue weighted by Crippen LogP contribution is 2.33. The third kappa shape index (κ3) is 3.14. The molecule has 1 N–H and O–H groups in total. The second-order valence-corrected chi connectivity index (χ2v) is 4.65. The predicted octanol–water partition coefficient (Wildman–Crippen LogP) is 1.95. The average Bonchev–Trinajstić information content (AvgIpc) is 2.82. The Morgan fingerprint density at radius 3 is 2.95 bits per heavy atom. The second kappa shape index (κ2) is 5.88. The average molecular weight is 266 g/mol. The number of nitrogens with zero attached hydrogens (tertiary/aromatic N) is 2. The largest absolute Gasteiger partial charge is 0.487 e. The third-order valence-corrected chi connectivity index (χ3v) is 3.13. The molecule has 104 valence electrons. The number of β-amino-alcohol motifs (C(OH)–C–C–N with tert-alkyl or cyclic N) is 1. The van der Waals surface area contributed by atoms with Crippen LogP contribution in [0, 0.1) is 10.1 Å². The van der Waals surface area contributed by atoms with Gasteiger partial charge in [0.15, 0.2) is 5.75 Å². The van der Waals surface area contributed by atoms with Crippen molar-refractivity contribution in [2.45, 2.75) is 25.9 Å². The lowest BCUT2D eigenvalue weighted by Gasteiger charge is -2.18. The van der Waals surface area contributed by atoms with Gasteiger partial charge < -0.3 is 14.7 Å². The minimum Gasteiger partial charge on any atom is -0.487 e. The molecule has 0 aromatic heterocycles. The monoisotopic (exact) mass is 266 g/mol. The number of rotatable bonds is 5. The normalized spacial score (nSPS) is 18.6. The Morgan fingerprint density at radius 2 is 2.37 bits per heavy atom. The number of aliphatic hydroxyl groups excluding tert-OH is 1. The first kappa shape index (κ1) is 13.6. The molecular weight excluding hydrogens is 248 g/mol. The minimum absolute atomic E-state index is 0.0167. The van der Waals surface area contributed by atoms with Crippen molar-refractivity contribution in [1.29, 1.82) is 0 Å². The molecule has 0 radical (unpaired) electrons. The van der Waals surface area contributed by atoms with Crippen molar-refractivity contribution in [3.8, 4) is 5.75 Å². The summed E-state index contributed by atoms with van der Waals surface area (Å²) in [5.74, 6) is 0.297. The van der Waals surface area contributed by atoms with Crippen molar-refractivity contribution in [2.75, 3.05) is 24.6 Å². The third-order valence-electron chi connectivity index (χ3n) is 3.13. The van der Waals surface area contributed by atoms with Crippen LogP contribution in [0.5, 0.6) is 5.75 Å².